The van der Waals surface area contributed by atoms with E-state index in [1.54, 1.807) is 31.4 Å². The van der Waals surface area contributed by atoms with Crippen molar-refractivity contribution in [2.45, 2.75) is 32.4 Å². The molecule has 8 nitrogen and oxygen atoms in total. The fraction of sp³-hybridized carbons (Fsp3) is 0.240. The third kappa shape index (κ3) is 4.74. The fourth-order valence-corrected chi connectivity index (χ4v) is 3.79. The molecule has 0 amide bonds. The maximum Gasteiger partial charge on any atom is 0.331 e. The summed E-state index contributed by atoms with van der Waals surface area (Å²) in [6.07, 6.45) is 4.77. The van der Waals surface area contributed by atoms with Crippen LogP contribution in [-0.2, 0) is 13.0 Å². The number of nitrogens with one attached hydrogen (secondary N) is 2. The van der Waals surface area contributed by atoms with Crippen molar-refractivity contribution < 1.29 is 9.84 Å². The number of para-hydroxylation sites is 1. The van der Waals surface area contributed by atoms with Gasteiger partial charge >= 0.3 is 5.69 Å². The van der Waals surface area contributed by atoms with Gasteiger partial charge in [0, 0.05) is 23.3 Å². The Balaban J connectivity index is 1.60. The number of aromatic hydroxyl groups is 1. The zero-order chi connectivity index (χ0) is 23.4. The van der Waals surface area contributed by atoms with Crippen LogP contribution >= 0.6 is 0 Å². The highest BCUT2D eigenvalue weighted by Gasteiger charge is 2.15. The predicted molar refractivity (Wildman–Crippen MR) is 129 cm³/mol. The first-order valence-corrected chi connectivity index (χ1v) is 10.8. The van der Waals surface area contributed by atoms with E-state index in [1.165, 1.54) is 6.21 Å². The van der Waals surface area contributed by atoms with Gasteiger partial charge in [-0.25, -0.2) is 4.79 Å². The first kappa shape index (κ1) is 22.1. The van der Waals surface area contributed by atoms with Crippen LogP contribution in [-0.4, -0.2) is 39.0 Å². The number of nitrogens with zero attached hydrogens (tertiary/aromatic N) is 2. The number of aromatic amines is 2. The molecule has 2 aromatic carbocycles. The van der Waals surface area contributed by atoms with E-state index in [9.17, 15) is 14.7 Å². The number of fused-ring (bicyclic) bond motifs is 1. The van der Waals surface area contributed by atoms with Crippen LogP contribution in [0.3, 0.4) is 0 Å². The van der Waals surface area contributed by atoms with Crippen molar-refractivity contribution in [3.63, 3.8) is 0 Å². The van der Waals surface area contributed by atoms with Crippen molar-refractivity contribution in [2.75, 3.05) is 7.11 Å². The number of aromatic nitrogens is 3. The number of methoxy groups -OCH3 is 1. The monoisotopic (exact) mass is 446 g/mol. The normalized spacial score (nSPS) is 12.4. The molecule has 0 fully saturated rings. The van der Waals surface area contributed by atoms with Crippen molar-refractivity contribution in [3.05, 3.63) is 92.3 Å². The summed E-state index contributed by atoms with van der Waals surface area (Å²) >= 11 is 0. The third-order valence-corrected chi connectivity index (χ3v) is 5.72. The highest BCUT2D eigenvalue weighted by molar-refractivity contribution is 5.84. The Morgan fingerprint density at radius 1 is 1.15 bits per heavy atom. The van der Waals surface area contributed by atoms with Crippen molar-refractivity contribution in [1.29, 1.82) is 0 Å². The zero-order valence-electron chi connectivity index (χ0n) is 18.5. The molecule has 0 aliphatic rings. The van der Waals surface area contributed by atoms with Gasteiger partial charge in [-0.2, -0.15) is 0 Å². The maximum atomic E-state index is 12.4. The highest BCUT2D eigenvalue weighted by Crippen LogP contribution is 2.21. The molecule has 1 unspecified atom stereocenters. The lowest BCUT2D eigenvalue weighted by Gasteiger charge is -2.12. The van der Waals surface area contributed by atoms with Crippen LogP contribution < -0.4 is 16.0 Å². The summed E-state index contributed by atoms with van der Waals surface area (Å²) in [5, 5.41) is 11.9. The van der Waals surface area contributed by atoms with Crippen LogP contribution in [0.15, 0.2) is 69.3 Å². The Kier molecular flexibility index (Phi) is 6.44. The minimum Gasteiger partial charge on any atom is -0.497 e. The summed E-state index contributed by atoms with van der Waals surface area (Å²) in [6, 6.07) is 15.1. The number of benzene rings is 2. The Bertz CT molecular complexity index is 1400. The number of rotatable bonds is 8. The van der Waals surface area contributed by atoms with Crippen LogP contribution in [0.4, 0.5) is 0 Å². The molecule has 0 aliphatic heterocycles. The largest absolute Gasteiger partial charge is 0.497 e. The Labute approximate surface area is 190 Å². The van der Waals surface area contributed by atoms with E-state index in [2.05, 4.69) is 21.0 Å². The summed E-state index contributed by atoms with van der Waals surface area (Å²) in [5.41, 5.74) is 1.57. The molecule has 0 saturated carbocycles. The van der Waals surface area contributed by atoms with Gasteiger partial charge in [0.15, 0.2) is 0 Å². The lowest BCUT2D eigenvalue weighted by Crippen LogP contribution is -2.32. The number of ether oxygens (including phenoxy) is 1. The lowest BCUT2D eigenvalue weighted by atomic mass is 10.0. The molecule has 0 bridgehead atoms. The van der Waals surface area contributed by atoms with E-state index in [4.69, 9.17) is 4.74 Å². The minimum atomic E-state index is -0.684. The molecule has 1 atom stereocenters. The second-order valence-corrected chi connectivity index (χ2v) is 7.83. The number of H-pyrrole nitrogens is 2. The van der Waals surface area contributed by atoms with E-state index >= 15 is 0 Å². The van der Waals surface area contributed by atoms with Crippen LogP contribution in [0.1, 0.15) is 30.0 Å². The lowest BCUT2D eigenvalue weighted by molar-refractivity contribution is 0.407. The fourth-order valence-electron chi connectivity index (χ4n) is 3.79. The highest BCUT2D eigenvalue weighted by atomic mass is 16.5. The van der Waals surface area contributed by atoms with Crippen molar-refractivity contribution >= 4 is 17.1 Å². The van der Waals surface area contributed by atoms with Gasteiger partial charge in [-0.05, 0) is 42.2 Å². The van der Waals surface area contributed by atoms with Gasteiger partial charge < -0.3 is 14.8 Å². The zero-order valence-corrected chi connectivity index (χ0v) is 18.5. The maximum absolute atomic E-state index is 12.4. The molecule has 0 radical (unpaired) electrons. The smallest absolute Gasteiger partial charge is 0.331 e. The van der Waals surface area contributed by atoms with Crippen LogP contribution in [0, 0.1) is 0 Å². The van der Waals surface area contributed by atoms with Gasteiger partial charge in [0.05, 0.1) is 19.7 Å². The van der Waals surface area contributed by atoms with Gasteiger partial charge in [-0.15, -0.1) is 0 Å². The summed E-state index contributed by atoms with van der Waals surface area (Å²) in [4.78, 5) is 34.8. The van der Waals surface area contributed by atoms with Crippen molar-refractivity contribution in [3.8, 4) is 11.6 Å². The average molecular weight is 447 g/mol. The Morgan fingerprint density at radius 3 is 2.64 bits per heavy atom. The molecular weight excluding hydrogens is 420 g/mol. The van der Waals surface area contributed by atoms with E-state index in [-0.39, 0.29) is 18.2 Å². The van der Waals surface area contributed by atoms with E-state index < -0.39 is 17.1 Å². The van der Waals surface area contributed by atoms with E-state index in [1.807, 2.05) is 31.3 Å². The van der Waals surface area contributed by atoms with Crippen molar-refractivity contribution in [2.24, 2.45) is 4.99 Å². The molecular formula is C25H26N4O4. The third-order valence-electron chi connectivity index (χ3n) is 5.72. The summed E-state index contributed by atoms with van der Waals surface area (Å²) in [6.45, 7) is 2.12. The van der Waals surface area contributed by atoms with Gasteiger partial charge in [-0.1, -0.05) is 37.3 Å². The average Bonchev–Trinajstić information content (AvgIpc) is 3.24. The van der Waals surface area contributed by atoms with Crippen LogP contribution in [0.25, 0.3) is 10.9 Å². The number of aliphatic imine (C=N–C) groups is 1. The molecule has 4 aromatic rings. The van der Waals surface area contributed by atoms with Gasteiger partial charge in [0.2, 0.25) is 5.88 Å². The SMILES string of the molecule is CCC(Cc1c[nH]c2ccccc12)N=Cc1c(O)n(Cc2ccc(OC)cc2)c(=O)[nH]c1=O. The molecule has 4 rings (SSSR count). The molecule has 8 heteroatoms. The summed E-state index contributed by atoms with van der Waals surface area (Å²) in [7, 11) is 1.57. The standard InChI is InChI=1S/C25H26N4O4/c1-3-18(12-17-13-27-22-7-5-4-6-20(17)22)26-14-21-23(30)28-25(32)29(24(21)31)15-16-8-10-19(33-2)11-9-16/h4-11,13-14,18,27,31H,3,12,15H2,1-2H3,(H,28,30,32). The van der Waals surface area contributed by atoms with Crippen molar-refractivity contribution in [1.82, 2.24) is 14.5 Å². The Hall–Kier alpha value is -4.07. The number of hydrogen-bond acceptors (Lipinski definition) is 5. The van der Waals surface area contributed by atoms with E-state index in [0.717, 1.165) is 33.0 Å². The first-order chi connectivity index (χ1) is 16.0. The molecule has 0 saturated heterocycles. The summed E-state index contributed by atoms with van der Waals surface area (Å²) in [5.74, 6) is 0.274. The molecule has 2 aromatic heterocycles. The second-order valence-electron chi connectivity index (χ2n) is 7.83. The molecule has 170 valence electrons. The molecule has 2 heterocycles. The molecule has 0 spiro atoms. The molecule has 33 heavy (non-hydrogen) atoms. The summed E-state index contributed by atoms with van der Waals surface area (Å²) < 4.78 is 6.26. The second kappa shape index (κ2) is 9.60. The van der Waals surface area contributed by atoms with Gasteiger partial charge in [-0.3, -0.25) is 19.3 Å². The molecule has 0 aliphatic carbocycles. The van der Waals surface area contributed by atoms with E-state index in [0.29, 0.717) is 12.2 Å². The molecule has 3 N–H and O–H groups in total. The predicted octanol–water partition coefficient (Wildman–Crippen LogP) is 3.22. The first-order valence-electron chi connectivity index (χ1n) is 10.8. The van der Waals surface area contributed by atoms with Crippen LogP contribution in [0.2, 0.25) is 0 Å². The van der Waals surface area contributed by atoms with Gasteiger partial charge in [0.1, 0.15) is 11.3 Å². The van der Waals surface area contributed by atoms with Crippen LogP contribution in [0.5, 0.6) is 11.6 Å². The quantitative estimate of drug-likeness (QED) is 0.361. The van der Waals surface area contributed by atoms with Gasteiger partial charge in [0.25, 0.3) is 5.56 Å². The topological polar surface area (TPSA) is 112 Å². The number of hydrogen-bond donors (Lipinski definition) is 3. The minimum absolute atomic E-state index is 0.0412. The Morgan fingerprint density at radius 2 is 1.91 bits per heavy atom.